The zero-order valence-electron chi connectivity index (χ0n) is 16.2. The summed E-state index contributed by atoms with van der Waals surface area (Å²) in [6.07, 6.45) is 1.76. The summed E-state index contributed by atoms with van der Waals surface area (Å²) >= 11 is 0. The lowest BCUT2D eigenvalue weighted by atomic mass is 10.0. The fraction of sp³-hybridized carbons (Fsp3) is 0.273. The quantitative estimate of drug-likeness (QED) is 0.709. The van der Waals surface area contributed by atoms with Gasteiger partial charge in [-0.3, -0.25) is 4.79 Å². The number of amides is 1. The van der Waals surface area contributed by atoms with Crippen molar-refractivity contribution in [2.75, 3.05) is 18.4 Å². The lowest BCUT2D eigenvalue weighted by Gasteiger charge is -2.29. The van der Waals surface area contributed by atoms with Gasteiger partial charge < -0.3 is 5.32 Å². The lowest BCUT2D eigenvalue weighted by molar-refractivity contribution is 0.102. The van der Waals surface area contributed by atoms with Crippen molar-refractivity contribution in [1.82, 2.24) is 9.29 Å². The SMILES string of the molecule is CC1CCN(S(=O)(=O)c2ccc(NC(=O)c3ccc4ccccc4n3)cc2)CC1. The molecular weight excluding hydrogens is 386 g/mol. The van der Waals surface area contributed by atoms with Gasteiger partial charge in [-0.15, -0.1) is 0 Å². The van der Waals surface area contributed by atoms with Crippen LogP contribution < -0.4 is 5.32 Å². The van der Waals surface area contributed by atoms with Gasteiger partial charge in [0.25, 0.3) is 5.91 Å². The van der Waals surface area contributed by atoms with E-state index in [9.17, 15) is 13.2 Å². The van der Waals surface area contributed by atoms with E-state index in [-0.39, 0.29) is 10.8 Å². The van der Waals surface area contributed by atoms with Crippen LogP contribution in [0.15, 0.2) is 65.6 Å². The number of nitrogens with zero attached hydrogens (tertiary/aromatic N) is 2. The highest BCUT2D eigenvalue weighted by atomic mass is 32.2. The van der Waals surface area contributed by atoms with Crippen molar-refractivity contribution in [3.05, 3.63) is 66.4 Å². The number of pyridine rings is 1. The molecule has 1 amide bonds. The molecule has 0 atom stereocenters. The number of aromatic nitrogens is 1. The van der Waals surface area contributed by atoms with Crippen LogP contribution in [0.25, 0.3) is 10.9 Å². The van der Waals surface area contributed by atoms with Crippen molar-refractivity contribution in [3.63, 3.8) is 0 Å². The zero-order chi connectivity index (χ0) is 20.4. The summed E-state index contributed by atoms with van der Waals surface area (Å²) in [5.41, 5.74) is 1.58. The second-order valence-electron chi connectivity index (χ2n) is 7.45. The minimum atomic E-state index is -3.50. The number of carbonyl (C=O) groups excluding carboxylic acids is 1. The van der Waals surface area contributed by atoms with Gasteiger partial charge in [-0.2, -0.15) is 4.31 Å². The summed E-state index contributed by atoms with van der Waals surface area (Å²) in [5, 5.41) is 3.74. The molecule has 1 saturated heterocycles. The maximum absolute atomic E-state index is 12.8. The van der Waals surface area contributed by atoms with Crippen molar-refractivity contribution in [2.24, 2.45) is 5.92 Å². The van der Waals surface area contributed by atoms with Crippen LogP contribution in [0, 0.1) is 5.92 Å². The molecule has 1 aromatic heterocycles. The molecule has 1 aliphatic rings. The van der Waals surface area contributed by atoms with Gasteiger partial charge in [0.2, 0.25) is 10.0 Å². The number of rotatable bonds is 4. The number of hydrogen-bond donors (Lipinski definition) is 1. The highest BCUT2D eigenvalue weighted by Crippen LogP contribution is 2.24. The topological polar surface area (TPSA) is 79.4 Å². The van der Waals surface area contributed by atoms with Crippen LogP contribution in [0.4, 0.5) is 5.69 Å². The summed E-state index contributed by atoms with van der Waals surface area (Å²) in [6, 6.07) is 17.4. The van der Waals surface area contributed by atoms with Gasteiger partial charge in [0.1, 0.15) is 5.69 Å². The lowest BCUT2D eigenvalue weighted by Crippen LogP contribution is -2.37. The fourth-order valence-electron chi connectivity index (χ4n) is 3.47. The minimum Gasteiger partial charge on any atom is -0.321 e. The summed E-state index contributed by atoms with van der Waals surface area (Å²) < 4.78 is 27.1. The first-order chi connectivity index (χ1) is 13.9. The third-order valence-electron chi connectivity index (χ3n) is 5.32. The summed E-state index contributed by atoms with van der Waals surface area (Å²) in [7, 11) is -3.50. The minimum absolute atomic E-state index is 0.244. The van der Waals surface area contributed by atoms with Crippen LogP contribution in [0.1, 0.15) is 30.3 Å². The van der Waals surface area contributed by atoms with Crippen LogP contribution in [0.5, 0.6) is 0 Å². The van der Waals surface area contributed by atoms with Crippen molar-refractivity contribution in [2.45, 2.75) is 24.7 Å². The van der Waals surface area contributed by atoms with Crippen molar-refractivity contribution in [1.29, 1.82) is 0 Å². The normalized spacial score (nSPS) is 16.0. The van der Waals surface area contributed by atoms with E-state index >= 15 is 0 Å². The number of piperidine rings is 1. The van der Waals surface area contributed by atoms with Gasteiger partial charge in [0, 0.05) is 24.2 Å². The molecule has 150 valence electrons. The van der Waals surface area contributed by atoms with Gasteiger partial charge >= 0.3 is 0 Å². The summed E-state index contributed by atoms with van der Waals surface area (Å²) in [5.74, 6) is 0.221. The number of carbonyl (C=O) groups is 1. The molecule has 0 saturated carbocycles. The molecule has 1 N–H and O–H groups in total. The van der Waals surface area contributed by atoms with E-state index in [2.05, 4.69) is 17.2 Å². The number of benzene rings is 2. The van der Waals surface area contributed by atoms with E-state index in [1.54, 1.807) is 22.5 Å². The second-order valence-corrected chi connectivity index (χ2v) is 9.39. The first kappa shape index (κ1) is 19.5. The summed E-state index contributed by atoms with van der Waals surface area (Å²) in [4.78, 5) is 17.1. The number of para-hydroxylation sites is 1. The van der Waals surface area contributed by atoms with E-state index in [4.69, 9.17) is 0 Å². The zero-order valence-corrected chi connectivity index (χ0v) is 17.0. The average molecular weight is 410 g/mol. The molecule has 0 unspecified atom stereocenters. The van der Waals surface area contributed by atoms with Crippen LogP contribution in [-0.4, -0.2) is 36.7 Å². The van der Waals surface area contributed by atoms with Crippen LogP contribution in [0.3, 0.4) is 0 Å². The first-order valence-electron chi connectivity index (χ1n) is 9.71. The van der Waals surface area contributed by atoms with Crippen LogP contribution in [0.2, 0.25) is 0 Å². The molecule has 3 aromatic rings. The molecule has 1 fully saturated rings. The molecule has 2 heterocycles. The Bertz CT molecular complexity index is 1140. The summed E-state index contributed by atoms with van der Waals surface area (Å²) in [6.45, 7) is 3.25. The first-order valence-corrected chi connectivity index (χ1v) is 11.1. The molecule has 0 spiro atoms. The Balaban J connectivity index is 1.48. The van der Waals surface area contributed by atoms with E-state index in [0.29, 0.717) is 30.4 Å². The Hall–Kier alpha value is -2.77. The van der Waals surface area contributed by atoms with Crippen molar-refractivity contribution < 1.29 is 13.2 Å². The third-order valence-corrected chi connectivity index (χ3v) is 7.24. The van der Waals surface area contributed by atoms with Gasteiger partial charge in [-0.1, -0.05) is 31.2 Å². The number of nitrogens with one attached hydrogen (secondary N) is 1. The monoisotopic (exact) mass is 409 g/mol. The predicted octanol–water partition coefficient (Wildman–Crippen LogP) is 3.91. The van der Waals surface area contributed by atoms with E-state index < -0.39 is 10.0 Å². The molecule has 29 heavy (non-hydrogen) atoms. The van der Waals surface area contributed by atoms with Crippen molar-refractivity contribution in [3.8, 4) is 0 Å². The van der Waals surface area contributed by atoms with Gasteiger partial charge in [0.05, 0.1) is 10.4 Å². The Morgan fingerprint density at radius 1 is 1.00 bits per heavy atom. The molecule has 4 rings (SSSR count). The largest absolute Gasteiger partial charge is 0.321 e. The molecule has 6 nitrogen and oxygen atoms in total. The molecule has 7 heteroatoms. The predicted molar refractivity (Wildman–Crippen MR) is 113 cm³/mol. The van der Waals surface area contributed by atoms with Gasteiger partial charge in [-0.05, 0) is 55.2 Å². The van der Waals surface area contributed by atoms with E-state index in [0.717, 1.165) is 23.7 Å². The van der Waals surface area contributed by atoms with Gasteiger partial charge in [0.15, 0.2) is 0 Å². The van der Waals surface area contributed by atoms with E-state index in [1.807, 2.05) is 30.3 Å². The molecule has 2 aromatic carbocycles. The number of hydrogen-bond acceptors (Lipinski definition) is 4. The Morgan fingerprint density at radius 2 is 1.69 bits per heavy atom. The Morgan fingerprint density at radius 3 is 2.41 bits per heavy atom. The van der Waals surface area contributed by atoms with Crippen LogP contribution in [-0.2, 0) is 10.0 Å². The molecule has 0 radical (unpaired) electrons. The smallest absolute Gasteiger partial charge is 0.274 e. The number of sulfonamides is 1. The molecular formula is C22H23N3O3S. The molecule has 0 aliphatic carbocycles. The Kier molecular flexibility index (Phi) is 5.34. The standard InChI is InChI=1S/C22H23N3O3S/c1-16-12-14-25(15-13-16)29(27,28)19-9-7-18(8-10-19)23-22(26)21-11-6-17-4-2-3-5-20(17)24-21/h2-11,16H,12-15H2,1H3,(H,23,26). The van der Waals surface area contributed by atoms with Gasteiger partial charge in [-0.25, -0.2) is 13.4 Å². The van der Waals surface area contributed by atoms with Crippen LogP contribution >= 0.6 is 0 Å². The third kappa shape index (κ3) is 4.16. The number of anilines is 1. The highest BCUT2D eigenvalue weighted by Gasteiger charge is 2.27. The maximum Gasteiger partial charge on any atom is 0.274 e. The molecule has 0 bridgehead atoms. The fourth-order valence-corrected chi connectivity index (χ4v) is 4.94. The Labute approximate surface area is 170 Å². The maximum atomic E-state index is 12.8. The number of fused-ring (bicyclic) bond motifs is 1. The van der Waals surface area contributed by atoms with E-state index in [1.165, 1.54) is 12.1 Å². The molecule has 1 aliphatic heterocycles. The highest BCUT2D eigenvalue weighted by molar-refractivity contribution is 7.89. The average Bonchev–Trinajstić information content (AvgIpc) is 2.74. The van der Waals surface area contributed by atoms with Crippen molar-refractivity contribution >= 4 is 32.5 Å². The second kappa shape index (κ2) is 7.93.